The molecule has 1 amide bonds. The summed E-state index contributed by atoms with van der Waals surface area (Å²) in [6.07, 6.45) is -0.225. The van der Waals surface area contributed by atoms with E-state index in [4.69, 9.17) is 9.72 Å². The molecule has 1 aliphatic heterocycles. The lowest BCUT2D eigenvalue weighted by atomic mass is 10.2. The highest BCUT2D eigenvalue weighted by Gasteiger charge is 2.26. The number of anilines is 1. The fourth-order valence-corrected chi connectivity index (χ4v) is 3.68. The Morgan fingerprint density at radius 3 is 2.57 bits per heavy atom. The number of hydrogen-bond acceptors (Lipinski definition) is 5. The van der Waals surface area contributed by atoms with Gasteiger partial charge in [0.2, 0.25) is 0 Å². The Hall–Kier alpha value is -1.82. The molecule has 1 aliphatic rings. The summed E-state index contributed by atoms with van der Waals surface area (Å²) in [4.78, 5) is 20.9. The highest BCUT2D eigenvalue weighted by atomic mass is 32.1. The molecule has 3 rings (SSSR count). The third-order valence-corrected chi connectivity index (χ3v) is 4.81. The third kappa shape index (κ3) is 3.75. The largest absolute Gasteiger partial charge is 0.444 e. The summed E-state index contributed by atoms with van der Waals surface area (Å²) in [6, 6.07) is 6.33. The van der Waals surface area contributed by atoms with E-state index in [0.717, 1.165) is 23.7 Å². The standard InChI is InChI=1S/C17H23N3O2S/c1-12-5-6-13-14(11-12)23-15(18-13)19-7-9-20(10-8-19)16(21)22-17(2,3)4/h5-6,11H,7-10H2,1-4H3. The second-order valence-electron chi connectivity index (χ2n) is 6.92. The average molecular weight is 333 g/mol. The van der Waals surface area contributed by atoms with Crippen LogP contribution in [-0.4, -0.2) is 47.8 Å². The predicted octanol–water partition coefficient (Wildman–Crippen LogP) is 3.66. The van der Waals surface area contributed by atoms with Gasteiger partial charge >= 0.3 is 6.09 Å². The van der Waals surface area contributed by atoms with Crippen molar-refractivity contribution in [3.8, 4) is 0 Å². The van der Waals surface area contributed by atoms with E-state index in [-0.39, 0.29) is 6.09 Å². The van der Waals surface area contributed by atoms with Gasteiger partial charge < -0.3 is 14.5 Å². The van der Waals surface area contributed by atoms with E-state index in [1.165, 1.54) is 10.3 Å². The normalized spacial score (nSPS) is 16.0. The van der Waals surface area contributed by atoms with Gasteiger partial charge in [0.1, 0.15) is 5.60 Å². The molecular formula is C17H23N3O2S. The molecule has 23 heavy (non-hydrogen) atoms. The molecule has 0 bridgehead atoms. The summed E-state index contributed by atoms with van der Waals surface area (Å²) < 4.78 is 6.65. The maximum atomic E-state index is 12.1. The van der Waals surface area contributed by atoms with Crippen molar-refractivity contribution < 1.29 is 9.53 Å². The number of carbonyl (C=O) groups excluding carboxylic acids is 1. The van der Waals surface area contributed by atoms with E-state index in [1.54, 1.807) is 16.2 Å². The van der Waals surface area contributed by atoms with Crippen molar-refractivity contribution in [2.24, 2.45) is 0 Å². The molecule has 0 N–H and O–H groups in total. The summed E-state index contributed by atoms with van der Waals surface area (Å²) >= 11 is 1.72. The number of thiazole rings is 1. The minimum Gasteiger partial charge on any atom is -0.444 e. The van der Waals surface area contributed by atoms with Gasteiger partial charge in [0.25, 0.3) is 0 Å². The number of hydrogen-bond donors (Lipinski definition) is 0. The van der Waals surface area contributed by atoms with Crippen LogP contribution < -0.4 is 4.90 Å². The molecule has 0 saturated carbocycles. The zero-order valence-corrected chi connectivity index (χ0v) is 14.9. The first-order valence-electron chi connectivity index (χ1n) is 7.92. The van der Waals surface area contributed by atoms with E-state index in [2.05, 4.69) is 30.0 Å². The highest BCUT2D eigenvalue weighted by molar-refractivity contribution is 7.22. The van der Waals surface area contributed by atoms with Gasteiger partial charge in [-0.2, -0.15) is 0 Å². The SMILES string of the molecule is Cc1ccc2nc(N3CCN(C(=O)OC(C)(C)C)CC3)sc2c1. The second kappa shape index (κ2) is 6.00. The Morgan fingerprint density at radius 2 is 1.91 bits per heavy atom. The van der Waals surface area contributed by atoms with Crippen LogP contribution in [0.3, 0.4) is 0 Å². The Morgan fingerprint density at radius 1 is 1.22 bits per heavy atom. The average Bonchev–Trinajstić information content (AvgIpc) is 2.88. The maximum Gasteiger partial charge on any atom is 0.410 e. The summed E-state index contributed by atoms with van der Waals surface area (Å²) in [5.74, 6) is 0. The molecule has 6 heteroatoms. The molecule has 1 fully saturated rings. The summed E-state index contributed by atoms with van der Waals surface area (Å²) in [6.45, 7) is 10.7. The zero-order chi connectivity index (χ0) is 16.6. The molecule has 0 radical (unpaired) electrons. The van der Waals surface area contributed by atoms with Crippen molar-refractivity contribution in [1.82, 2.24) is 9.88 Å². The summed E-state index contributed by atoms with van der Waals surface area (Å²) in [5, 5.41) is 1.04. The second-order valence-corrected chi connectivity index (χ2v) is 7.93. The fourth-order valence-electron chi connectivity index (χ4n) is 2.56. The molecule has 0 spiro atoms. The first-order chi connectivity index (χ1) is 10.8. The van der Waals surface area contributed by atoms with Crippen molar-refractivity contribution >= 4 is 32.8 Å². The number of benzene rings is 1. The van der Waals surface area contributed by atoms with Crippen LogP contribution in [0.15, 0.2) is 18.2 Å². The topological polar surface area (TPSA) is 45.7 Å². The van der Waals surface area contributed by atoms with E-state index in [1.807, 2.05) is 20.8 Å². The molecular weight excluding hydrogens is 310 g/mol. The molecule has 2 heterocycles. The van der Waals surface area contributed by atoms with Crippen LogP contribution in [0.2, 0.25) is 0 Å². The Kier molecular flexibility index (Phi) is 4.19. The molecule has 1 aromatic carbocycles. The smallest absolute Gasteiger partial charge is 0.410 e. The zero-order valence-electron chi connectivity index (χ0n) is 14.1. The van der Waals surface area contributed by atoms with E-state index >= 15 is 0 Å². The van der Waals surface area contributed by atoms with E-state index < -0.39 is 5.60 Å². The Balaban J connectivity index is 1.65. The first-order valence-corrected chi connectivity index (χ1v) is 8.73. The molecule has 0 atom stereocenters. The van der Waals surface area contributed by atoms with Crippen molar-refractivity contribution in [3.05, 3.63) is 23.8 Å². The number of aromatic nitrogens is 1. The van der Waals surface area contributed by atoms with Crippen LogP contribution in [0.4, 0.5) is 9.93 Å². The van der Waals surface area contributed by atoms with Gasteiger partial charge in [-0.15, -0.1) is 0 Å². The number of fused-ring (bicyclic) bond motifs is 1. The lowest BCUT2D eigenvalue weighted by Gasteiger charge is -2.35. The van der Waals surface area contributed by atoms with Crippen molar-refractivity contribution in [2.75, 3.05) is 31.1 Å². The van der Waals surface area contributed by atoms with Gasteiger partial charge in [0, 0.05) is 26.2 Å². The van der Waals surface area contributed by atoms with Crippen LogP contribution in [-0.2, 0) is 4.74 Å². The molecule has 124 valence electrons. The lowest BCUT2D eigenvalue weighted by Crippen LogP contribution is -2.50. The monoisotopic (exact) mass is 333 g/mol. The molecule has 5 nitrogen and oxygen atoms in total. The minimum absolute atomic E-state index is 0.225. The van der Waals surface area contributed by atoms with Crippen LogP contribution >= 0.6 is 11.3 Å². The number of rotatable bonds is 1. The highest BCUT2D eigenvalue weighted by Crippen LogP contribution is 2.30. The number of piperazine rings is 1. The maximum absolute atomic E-state index is 12.1. The number of nitrogens with zero attached hydrogens (tertiary/aromatic N) is 3. The quantitative estimate of drug-likeness (QED) is 0.799. The van der Waals surface area contributed by atoms with Gasteiger partial charge in [-0.25, -0.2) is 9.78 Å². The number of carbonyl (C=O) groups is 1. The van der Waals surface area contributed by atoms with Crippen LogP contribution in [0, 0.1) is 6.92 Å². The van der Waals surface area contributed by atoms with Crippen molar-refractivity contribution in [2.45, 2.75) is 33.3 Å². The third-order valence-electron chi connectivity index (χ3n) is 3.73. The van der Waals surface area contributed by atoms with Crippen LogP contribution in [0.1, 0.15) is 26.3 Å². The molecule has 2 aromatic rings. The first kappa shape index (κ1) is 16.1. The number of aryl methyl sites for hydroxylation is 1. The van der Waals surface area contributed by atoms with Gasteiger partial charge in [-0.05, 0) is 45.4 Å². The van der Waals surface area contributed by atoms with E-state index in [0.29, 0.717) is 13.1 Å². The molecule has 1 aromatic heterocycles. The summed E-state index contributed by atoms with van der Waals surface area (Å²) in [7, 11) is 0. The van der Waals surface area contributed by atoms with Gasteiger partial charge in [-0.1, -0.05) is 17.4 Å². The Labute approximate surface area is 140 Å². The molecule has 0 unspecified atom stereocenters. The summed E-state index contributed by atoms with van der Waals surface area (Å²) in [5.41, 5.74) is 1.85. The number of ether oxygens (including phenoxy) is 1. The van der Waals surface area contributed by atoms with Crippen LogP contribution in [0.25, 0.3) is 10.2 Å². The van der Waals surface area contributed by atoms with Crippen molar-refractivity contribution in [3.63, 3.8) is 0 Å². The number of amides is 1. The van der Waals surface area contributed by atoms with Crippen molar-refractivity contribution in [1.29, 1.82) is 0 Å². The van der Waals surface area contributed by atoms with Crippen LogP contribution in [0.5, 0.6) is 0 Å². The lowest BCUT2D eigenvalue weighted by molar-refractivity contribution is 0.0240. The fraction of sp³-hybridized carbons (Fsp3) is 0.529. The minimum atomic E-state index is -0.445. The molecule has 0 aliphatic carbocycles. The molecule has 1 saturated heterocycles. The van der Waals surface area contributed by atoms with Gasteiger partial charge in [-0.3, -0.25) is 0 Å². The Bertz CT molecular complexity index is 712. The van der Waals surface area contributed by atoms with Gasteiger partial charge in [0.05, 0.1) is 10.2 Å². The van der Waals surface area contributed by atoms with E-state index in [9.17, 15) is 4.79 Å². The predicted molar refractivity (Wildman–Crippen MR) is 94.4 cm³/mol. The van der Waals surface area contributed by atoms with Gasteiger partial charge in [0.15, 0.2) is 5.13 Å².